The minimum atomic E-state index is -0.271. The second kappa shape index (κ2) is 4.92. The van der Waals surface area contributed by atoms with Crippen LogP contribution >= 0.6 is 12.6 Å². The minimum absolute atomic E-state index is 0.271. The second-order valence-corrected chi connectivity index (χ2v) is 3.37. The Hall–Kier alpha value is -0.960. The summed E-state index contributed by atoms with van der Waals surface area (Å²) in [5.41, 5.74) is 2.48. The summed E-state index contributed by atoms with van der Waals surface area (Å²) < 4.78 is 0. The van der Waals surface area contributed by atoms with Crippen LogP contribution in [-0.4, -0.2) is 11.8 Å². The van der Waals surface area contributed by atoms with Crippen molar-refractivity contribution >= 4 is 17.9 Å². The van der Waals surface area contributed by atoms with Crippen LogP contribution in [0.3, 0.4) is 0 Å². The zero-order valence-corrected chi connectivity index (χ0v) is 8.47. The van der Waals surface area contributed by atoms with Gasteiger partial charge in [-0.25, -0.2) is 0 Å². The Morgan fingerprint density at radius 2 is 2.00 bits per heavy atom. The molecule has 0 bridgehead atoms. The molecular formula is C10H13NOS. The van der Waals surface area contributed by atoms with Crippen LogP contribution < -0.4 is 5.32 Å². The third-order valence-corrected chi connectivity index (χ3v) is 1.97. The molecule has 0 aliphatic heterocycles. The molecule has 0 aromatic heterocycles. The van der Waals surface area contributed by atoms with Crippen LogP contribution in [0, 0.1) is 6.92 Å². The average Bonchev–Trinajstić information content (AvgIpc) is 2.08. The molecule has 1 N–H and O–H groups in total. The number of nitrogens with one attached hydrogen (secondary N) is 1. The highest BCUT2D eigenvalue weighted by Gasteiger charge is 1.94. The quantitative estimate of drug-likeness (QED) is 0.711. The van der Waals surface area contributed by atoms with Crippen molar-refractivity contribution < 1.29 is 4.79 Å². The molecule has 0 atom stereocenters. The van der Waals surface area contributed by atoms with Crippen LogP contribution in [0.25, 0.3) is 0 Å². The first-order valence-electron chi connectivity index (χ1n) is 4.21. The third-order valence-electron chi connectivity index (χ3n) is 1.81. The van der Waals surface area contributed by atoms with E-state index in [1.807, 2.05) is 0 Å². The summed E-state index contributed by atoms with van der Waals surface area (Å²) in [5, 5.41) is 2.36. The van der Waals surface area contributed by atoms with Gasteiger partial charge >= 0.3 is 0 Å². The molecule has 0 saturated carbocycles. The lowest BCUT2D eigenvalue weighted by Crippen LogP contribution is -2.19. The molecule has 0 spiro atoms. The van der Waals surface area contributed by atoms with Gasteiger partial charge in [0.05, 0.1) is 0 Å². The number of carbonyl (C=O) groups excluding carboxylic acids is 1. The Kier molecular flexibility index (Phi) is 3.83. The number of aryl methyl sites for hydroxylation is 1. The lowest BCUT2D eigenvalue weighted by Gasteiger charge is -2.02. The van der Waals surface area contributed by atoms with Gasteiger partial charge in [-0.2, -0.15) is 0 Å². The van der Waals surface area contributed by atoms with E-state index >= 15 is 0 Å². The van der Waals surface area contributed by atoms with E-state index in [-0.39, 0.29) is 5.24 Å². The fourth-order valence-electron chi connectivity index (χ4n) is 1.07. The van der Waals surface area contributed by atoms with Gasteiger partial charge in [-0.1, -0.05) is 42.5 Å². The van der Waals surface area contributed by atoms with Crippen LogP contribution in [0.1, 0.15) is 11.1 Å². The molecule has 0 unspecified atom stereocenters. The first kappa shape index (κ1) is 10.1. The van der Waals surface area contributed by atoms with E-state index in [4.69, 9.17) is 0 Å². The summed E-state index contributed by atoms with van der Waals surface area (Å²) in [4.78, 5) is 10.4. The molecule has 1 aromatic carbocycles. The number of carbonyl (C=O) groups is 1. The third kappa shape index (κ3) is 3.99. The second-order valence-electron chi connectivity index (χ2n) is 2.97. The maximum Gasteiger partial charge on any atom is 0.275 e. The van der Waals surface area contributed by atoms with Gasteiger partial charge in [0.25, 0.3) is 5.24 Å². The van der Waals surface area contributed by atoms with Crippen LogP contribution in [-0.2, 0) is 6.42 Å². The molecule has 1 rings (SSSR count). The highest BCUT2D eigenvalue weighted by Crippen LogP contribution is 2.02. The minimum Gasteiger partial charge on any atom is -0.347 e. The standard InChI is InChI=1S/C10H13NOS/c1-8-2-4-9(5-3-8)6-7-11-10(12)13/h2-5H,6-7H2,1H3,(H2,11,12,13). The van der Waals surface area contributed by atoms with E-state index in [2.05, 4.69) is 49.1 Å². The average molecular weight is 195 g/mol. The lowest BCUT2D eigenvalue weighted by atomic mass is 10.1. The summed E-state index contributed by atoms with van der Waals surface area (Å²) >= 11 is 3.61. The molecule has 0 aliphatic rings. The molecule has 0 fully saturated rings. The number of hydrogen-bond acceptors (Lipinski definition) is 1. The predicted octanol–water partition coefficient (Wildman–Crippen LogP) is 2.18. The predicted molar refractivity (Wildman–Crippen MR) is 57.3 cm³/mol. The van der Waals surface area contributed by atoms with Crippen molar-refractivity contribution in [1.82, 2.24) is 5.32 Å². The largest absolute Gasteiger partial charge is 0.347 e. The molecule has 1 aromatic rings. The van der Waals surface area contributed by atoms with Gasteiger partial charge in [0.15, 0.2) is 0 Å². The summed E-state index contributed by atoms with van der Waals surface area (Å²) in [6.45, 7) is 2.70. The van der Waals surface area contributed by atoms with Gasteiger partial charge in [-0.05, 0) is 18.9 Å². The van der Waals surface area contributed by atoms with Crippen LogP contribution in [0.4, 0.5) is 4.79 Å². The van der Waals surface area contributed by atoms with Crippen LogP contribution in [0.5, 0.6) is 0 Å². The number of benzene rings is 1. The molecule has 0 heterocycles. The van der Waals surface area contributed by atoms with Gasteiger partial charge in [0, 0.05) is 6.54 Å². The normalized spacial score (nSPS) is 9.69. The fraction of sp³-hybridized carbons (Fsp3) is 0.300. The van der Waals surface area contributed by atoms with Crippen molar-refractivity contribution in [3.05, 3.63) is 35.4 Å². The van der Waals surface area contributed by atoms with E-state index < -0.39 is 0 Å². The topological polar surface area (TPSA) is 29.1 Å². The molecule has 1 amide bonds. The summed E-state index contributed by atoms with van der Waals surface area (Å²) in [5.74, 6) is 0. The Morgan fingerprint density at radius 3 is 2.54 bits per heavy atom. The van der Waals surface area contributed by atoms with Gasteiger partial charge in [-0.15, -0.1) is 0 Å². The number of hydrogen-bond donors (Lipinski definition) is 2. The SMILES string of the molecule is Cc1ccc(CCNC(=O)S)cc1. The Balaban J connectivity index is 2.37. The summed E-state index contributed by atoms with van der Waals surface area (Å²) in [6.07, 6.45) is 0.854. The molecule has 0 aliphatic carbocycles. The number of amides is 1. The first-order chi connectivity index (χ1) is 6.18. The van der Waals surface area contributed by atoms with Crippen molar-refractivity contribution in [1.29, 1.82) is 0 Å². The first-order valence-corrected chi connectivity index (χ1v) is 4.65. The van der Waals surface area contributed by atoms with E-state index in [1.165, 1.54) is 11.1 Å². The maximum atomic E-state index is 10.4. The van der Waals surface area contributed by atoms with E-state index in [9.17, 15) is 4.79 Å². The van der Waals surface area contributed by atoms with E-state index in [0.717, 1.165) is 6.42 Å². The highest BCUT2D eigenvalue weighted by molar-refractivity contribution is 7.96. The summed E-state index contributed by atoms with van der Waals surface area (Å²) in [6, 6.07) is 8.27. The molecule has 0 saturated heterocycles. The van der Waals surface area contributed by atoms with Crippen molar-refractivity contribution in [3.8, 4) is 0 Å². The monoisotopic (exact) mass is 195 g/mol. The Morgan fingerprint density at radius 1 is 1.38 bits per heavy atom. The molecule has 0 radical (unpaired) electrons. The molecule has 3 heteroatoms. The lowest BCUT2D eigenvalue weighted by molar-refractivity contribution is 0.261. The summed E-state index contributed by atoms with van der Waals surface area (Å²) in [7, 11) is 0. The van der Waals surface area contributed by atoms with E-state index in [1.54, 1.807) is 0 Å². The van der Waals surface area contributed by atoms with Gasteiger partial charge in [0.1, 0.15) is 0 Å². The number of thiol groups is 1. The zero-order chi connectivity index (χ0) is 9.68. The zero-order valence-electron chi connectivity index (χ0n) is 7.58. The molecular weight excluding hydrogens is 182 g/mol. The Labute approximate surface area is 83.8 Å². The van der Waals surface area contributed by atoms with Gasteiger partial charge in [0.2, 0.25) is 0 Å². The smallest absolute Gasteiger partial charge is 0.275 e. The fourth-order valence-corrected chi connectivity index (χ4v) is 1.18. The maximum absolute atomic E-state index is 10.4. The van der Waals surface area contributed by atoms with Gasteiger partial charge in [-0.3, -0.25) is 4.79 Å². The molecule has 13 heavy (non-hydrogen) atoms. The molecule has 2 nitrogen and oxygen atoms in total. The Bertz CT molecular complexity index is 281. The van der Waals surface area contributed by atoms with Crippen molar-refractivity contribution in [2.75, 3.05) is 6.54 Å². The van der Waals surface area contributed by atoms with Crippen molar-refractivity contribution in [2.24, 2.45) is 0 Å². The van der Waals surface area contributed by atoms with Crippen molar-refractivity contribution in [3.63, 3.8) is 0 Å². The van der Waals surface area contributed by atoms with Crippen LogP contribution in [0.15, 0.2) is 24.3 Å². The van der Waals surface area contributed by atoms with Gasteiger partial charge < -0.3 is 5.32 Å². The van der Waals surface area contributed by atoms with Crippen molar-refractivity contribution in [2.45, 2.75) is 13.3 Å². The highest BCUT2D eigenvalue weighted by atomic mass is 32.1. The van der Waals surface area contributed by atoms with Crippen LogP contribution in [0.2, 0.25) is 0 Å². The molecule has 70 valence electrons. The van der Waals surface area contributed by atoms with E-state index in [0.29, 0.717) is 6.54 Å². The number of rotatable bonds is 3.